The maximum atomic E-state index is 13.8. The number of nitriles is 1. The number of hydrogen-bond donors (Lipinski definition) is 1. The van der Waals surface area contributed by atoms with Crippen LogP contribution in [0.5, 0.6) is 0 Å². The SMILES string of the molecule is Cc1ccc(NC(C#N)c2c(F)cccc2Cl)cc1. The van der Waals surface area contributed by atoms with Gasteiger partial charge in [0.25, 0.3) is 0 Å². The van der Waals surface area contributed by atoms with Crippen molar-refractivity contribution in [1.29, 1.82) is 5.26 Å². The highest BCUT2D eigenvalue weighted by molar-refractivity contribution is 6.31. The first-order chi connectivity index (χ1) is 9.11. The third-order valence-electron chi connectivity index (χ3n) is 2.78. The molecule has 0 radical (unpaired) electrons. The zero-order chi connectivity index (χ0) is 13.8. The molecular weight excluding hydrogens is 263 g/mol. The summed E-state index contributed by atoms with van der Waals surface area (Å²) in [4.78, 5) is 0. The summed E-state index contributed by atoms with van der Waals surface area (Å²) in [6, 6.07) is 13.1. The molecule has 0 aliphatic heterocycles. The van der Waals surface area contributed by atoms with Gasteiger partial charge in [0, 0.05) is 16.3 Å². The second-order valence-electron chi connectivity index (χ2n) is 4.21. The molecule has 2 nitrogen and oxygen atoms in total. The van der Waals surface area contributed by atoms with Crippen LogP contribution in [-0.2, 0) is 0 Å². The van der Waals surface area contributed by atoms with E-state index < -0.39 is 11.9 Å². The normalized spacial score (nSPS) is 11.7. The number of rotatable bonds is 3. The Morgan fingerprint density at radius 1 is 1.21 bits per heavy atom. The van der Waals surface area contributed by atoms with E-state index in [4.69, 9.17) is 11.6 Å². The van der Waals surface area contributed by atoms with Crippen molar-refractivity contribution in [2.45, 2.75) is 13.0 Å². The largest absolute Gasteiger partial charge is 0.366 e. The van der Waals surface area contributed by atoms with E-state index in [-0.39, 0.29) is 10.6 Å². The minimum absolute atomic E-state index is 0.173. The average molecular weight is 275 g/mol. The van der Waals surface area contributed by atoms with Crippen LogP contribution in [0.15, 0.2) is 42.5 Å². The Bertz CT molecular complexity index is 597. The summed E-state index contributed by atoms with van der Waals surface area (Å²) >= 11 is 5.96. The van der Waals surface area contributed by atoms with E-state index in [9.17, 15) is 9.65 Å². The van der Waals surface area contributed by atoms with Crippen molar-refractivity contribution in [3.05, 3.63) is 64.4 Å². The molecule has 0 heterocycles. The quantitative estimate of drug-likeness (QED) is 0.897. The lowest BCUT2D eigenvalue weighted by atomic mass is 10.1. The molecular formula is C15H12ClFN2. The number of aryl methyl sites for hydroxylation is 1. The molecule has 0 aliphatic rings. The van der Waals surface area contributed by atoms with E-state index in [0.717, 1.165) is 11.3 Å². The predicted octanol–water partition coefficient (Wildman–Crippen LogP) is 4.46. The lowest BCUT2D eigenvalue weighted by Crippen LogP contribution is -2.11. The van der Waals surface area contributed by atoms with Crippen LogP contribution in [-0.4, -0.2) is 0 Å². The number of nitrogens with zero attached hydrogens (tertiary/aromatic N) is 1. The molecule has 96 valence electrons. The first-order valence-corrected chi connectivity index (χ1v) is 6.16. The van der Waals surface area contributed by atoms with Gasteiger partial charge in [-0.15, -0.1) is 0 Å². The number of nitrogens with one attached hydrogen (secondary N) is 1. The third-order valence-corrected chi connectivity index (χ3v) is 3.11. The molecule has 2 aromatic carbocycles. The highest BCUT2D eigenvalue weighted by atomic mass is 35.5. The summed E-state index contributed by atoms with van der Waals surface area (Å²) in [6.07, 6.45) is 0. The number of anilines is 1. The Morgan fingerprint density at radius 2 is 1.89 bits per heavy atom. The third kappa shape index (κ3) is 3.04. The predicted molar refractivity (Wildman–Crippen MR) is 74.6 cm³/mol. The van der Waals surface area contributed by atoms with Gasteiger partial charge >= 0.3 is 0 Å². The fraction of sp³-hybridized carbons (Fsp3) is 0.133. The van der Waals surface area contributed by atoms with Crippen LogP contribution in [0.25, 0.3) is 0 Å². The van der Waals surface area contributed by atoms with E-state index in [1.807, 2.05) is 37.3 Å². The lowest BCUT2D eigenvalue weighted by Gasteiger charge is -2.15. The van der Waals surface area contributed by atoms with Crippen LogP contribution < -0.4 is 5.32 Å². The van der Waals surface area contributed by atoms with Crippen LogP contribution in [0.3, 0.4) is 0 Å². The van der Waals surface area contributed by atoms with Gasteiger partial charge in [0.1, 0.15) is 11.9 Å². The molecule has 0 spiro atoms. The molecule has 4 heteroatoms. The average Bonchev–Trinajstić information content (AvgIpc) is 2.39. The Hall–Kier alpha value is -2.05. The highest BCUT2D eigenvalue weighted by Crippen LogP contribution is 2.28. The Kier molecular flexibility index (Phi) is 4.03. The van der Waals surface area contributed by atoms with E-state index in [1.54, 1.807) is 6.07 Å². The number of benzene rings is 2. The molecule has 0 fully saturated rings. The molecule has 0 saturated carbocycles. The minimum Gasteiger partial charge on any atom is -0.366 e. The molecule has 1 unspecified atom stereocenters. The van der Waals surface area contributed by atoms with Gasteiger partial charge in [-0.1, -0.05) is 35.4 Å². The van der Waals surface area contributed by atoms with Crippen molar-refractivity contribution >= 4 is 17.3 Å². The van der Waals surface area contributed by atoms with E-state index in [2.05, 4.69) is 5.32 Å². The van der Waals surface area contributed by atoms with Crippen LogP contribution in [0.4, 0.5) is 10.1 Å². The highest BCUT2D eigenvalue weighted by Gasteiger charge is 2.18. The second kappa shape index (κ2) is 5.73. The monoisotopic (exact) mass is 274 g/mol. The Balaban J connectivity index is 2.31. The summed E-state index contributed by atoms with van der Waals surface area (Å²) in [5, 5.41) is 12.4. The molecule has 1 atom stereocenters. The first-order valence-electron chi connectivity index (χ1n) is 5.78. The second-order valence-corrected chi connectivity index (χ2v) is 4.62. The van der Waals surface area contributed by atoms with Crippen LogP contribution in [0.1, 0.15) is 17.2 Å². The number of hydrogen-bond acceptors (Lipinski definition) is 2. The van der Waals surface area contributed by atoms with Crippen molar-refractivity contribution in [2.24, 2.45) is 0 Å². The topological polar surface area (TPSA) is 35.8 Å². The molecule has 2 aromatic rings. The summed E-state index contributed by atoms with van der Waals surface area (Å²) in [7, 11) is 0. The van der Waals surface area contributed by atoms with Crippen molar-refractivity contribution in [2.75, 3.05) is 5.32 Å². The van der Waals surface area contributed by atoms with E-state index >= 15 is 0 Å². The summed E-state index contributed by atoms with van der Waals surface area (Å²) in [6.45, 7) is 1.97. The van der Waals surface area contributed by atoms with Gasteiger partial charge in [-0.25, -0.2) is 4.39 Å². The molecule has 0 amide bonds. The Labute approximate surface area is 116 Å². The van der Waals surface area contributed by atoms with Crippen molar-refractivity contribution in [3.8, 4) is 6.07 Å². The zero-order valence-electron chi connectivity index (χ0n) is 10.3. The zero-order valence-corrected chi connectivity index (χ0v) is 11.1. The van der Waals surface area contributed by atoms with Crippen molar-refractivity contribution in [3.63, 3.8) is 0 Å². The van der Waals surface area contributed by atoms with Crippen LogP contribution in [0.2, 0.25) is 5.02 Å². The van der Waals surface area contributed by atoms with Crippen LogP contribution >= 0.6 is 11.6 Å². The fourth-order valence-corrected chi connectivity index (χ4v) is 2.04. The lowest BCUT2D eigenvalue weighted by molar-refractivity contribution is 0.607. The van der Waals surface area contributed by atoms with Gasteiger partial charge in [0.15, 0.2) is 0 Å². The van der Waals surface area contributed by atoms with Crippen molar-refractivity contribution < 1.29 is 4.39 Å². The molecule has 19 heavy (non-hydrogen) atoms. The van der Waals surface area contributed by atoms with Crippen LogP contribution in [0, 0.1) is 24.1 Å². The standard InChI is InChI=1S/C15H12ClFN2/c1-10-5-7-11(8-6-10)19-14(9-18)15-12(16)3-2-4-13(15)17/h2-8,14,19H,1H3. The van der Waals surface area contributed by atoms with Gasteiger partial charge in [-0.05, 0) is 31.2 Å². The van der Waals surface area contributed by atoms with Gasteiger partial charge in [-0.3, -0.25) is 0 Å². The van der Waals surface area contributed by atoms with Gasteiger partial charge in [0.05, 0.1) is 6.07 Å². The van der Waals surface area contributed by atoms with E-state index in [1.165, 1.54) is 12.1 Å². The fourth-order valence-electron chi connectivity index (χ4n) is 1.77. The molecule has 0 aromatic heterocycles. The molecule has 0 saturated heterocycles. The summed E-state index contributed by atoms with van der Waals surface area (Å²) in [5.41, 5.74) is 2.03. The van der Waals surface area contributed by atoms with Gasteiger partial charge in [0.2, 0.25) is 0 Å². The smallest absolute Gasteiger partial charge is 0.144 e. The molecule has 0 aliphatic carbocycles. The molecule has 0 bridgehead atoms. The van der Waals surface area contributed by atoms with E-state index in [0.29, 0.717) is 0 Å². The molecule has 2 rings (SSSR count). The minimum atomic E-state index is -0.823. The van der Waals surface area contributed by atoms with Gasteiger partial charge in [-0.2, -0.15) is 5.26 Å². The Morgan fingerprint density at radius 3 is 2.47 bits per heavy atom. The summed E-state index contributed by atoms with van der Waals surface area (Å²) < 4.78 is 13.8. The number of halogens is 2. The van der Waals surface area contributed by atoms with Gasteiger partial charge < -0.3 is 5.32 Å². The van der Waals surface area contributed by atoms with Crippen molar-refractivity contribution in [1.82, 2.24) is 0 Å². The maximum Gasteiger partial charge on any atom is 0.144 e. The summed E-state index contributed by atoms with van der Waals surface area (Å²) in [5.74, 6) is -0.487. The first kappa shape index (κ1) is 13.4. The maximum absolute atomic E-state index is 13.8. The molecule has 1 N–H and O–H groups in total.